The van der Waals surface area contributed by atoms with Crippen LogP contribution in [0, 0.1) is 0 Å². The SMILES string of the molecule is O=c1c2ccc(-c3cnc([C@@H]4C[C@H](F)CN4)[nH]3)cc2oc2ccc3cc(-c4cnc([C@@H]5C[C@@H](F)CN5)[nH]4)ccc3c12. The van der Waals surface area contributed by atoms with E-state index in [2.05, 4.69) is 30.6 Å². The number of fused-ring (bicyclic) bond motifs is 4. The monoisotopic (exact) mass is 552 g/mol. The molecule has 0 spiro atoms. The molecule has 3 aromatic heterocycles. The van der Waals surface area contributed by atoms with Crippen molar-refractivity contribution in [2.24, 2.45) is 0 Å². The number of benzene rings is 3. The third kappa shape index (κ3) is 4.13. The molecule has 0 amide bonds. The lowest BCUT2D eigenvalue weighted by Gasteiger charge is -2.08. The summed E-state index contributed by atoms with van der Waals surface area (Å²) in [7, 11) is 0. The average Bonchev–Trinajstić information content (AvgIpc) is 3.79. The molecule has 6 aromatic rings. The third-order valence-corrected chi connectivity index (χ3v) is 8.28. The van der Waals surface area contributed by atoms with Crippen molar-refractivity contribution in [1.29, 1.82) is 0 Å². The number of aromatic nitrogens is 4. The van der Waals surface area contributed by atoms with E-state index in [0.717, 1.165) is 39.1 Å². The number of halogens is 2. The minimum atomic E-state index is -0.872. The van der Waals surface area contributed by atoms with E-state index in [9.17, 15) is 13.6 Å². The van der Waals surface area contributed by atoms with Gasteiger partial charge in [0.1, 0.15) is 35.2 Å². The van der Waals surface area contributed by atoms with E-state index in [1.165, 1.54) is 0 Å². The van der Waals surface area contributed by atoms with Crippen LogP contribution in [0.15, 0.2) is 70.1 Å². The Bertz CT molecular complexity index is 2010. The van der Waals surface area contributed by atoms with Gasteiger partial charge in [0.25, 0.3) is 0 Å². The molecule has 4 atom stereocenters. The van der Waals surface area contributed by atoms with Gasteiger partial charge >= 0.3 is 0 Å². The fourth-order valence-electron chi connectivity index (χ4n) is 6.13. The van der Waals surface area contributed by atoms with Crippen LogP contribution in [0.1, 0.15) is 36.6 Å². The second-order valence-electron chi connectivity index (χ2n) is 11.0. The summed E-state index contributed by atoms with van der Waals surface area (Å²) >= 11 is 0. The quantitative estimate of drug-likeness (QED) is 0.167. The molecule has 0 aliphatic carbocycles. The Morgan fingerprint density at radius 3 is 1.95 bits per heavy atom. The first-order valence-electron chi connectivity index (χ1n) is 13.8. The maximum atomic E-state index is 13.7. The predicted molar refractivity (Wildman–Crippen MR) is 153 cm³/mol. The highest BCUT2D eigenvalue weighted by Gasteiger charge is 2.28. The van der Waals surface area contributed by atoms with Gasteiger partial charge < -0.3 is 25.0 Å². The van der Waals surface area contributed by atoms with Crippen molar-refractivity contribution >= 4 is 32.7 Å². The van der Waals surface area contributed by atoms with Crippen molar-refractivity contribution in [3.8, 4) is 22.5 Å². The van der Waals surface area contributed by atoms with Crippen LogP contribution in [-0.2, 0) is 0 Å². The van der Waals surface area contributed by atoms with E-state index in [-0.39, 0.29) is 17.5 Å². The molecule has 5 heterocycles. The van der Waals surface area contributed by atoms with Crippen LogP contribution in [-0.4, -0.2) is 45.4 Å². The first-order valence-corrected chi connectivity index (χ1v) is 13.8. The van der Waals surface area contributed by atoms with E-state index in [4.69, 9.17) is 4.42 Å². The maximum absolute atomic E-state index is 13.7. The van der Waals surface area contributed by atoms with Crippen molar-refractivity contribution < 1.29 is 13.2 Å². The van der Waals surface area contributed by atoms with Crippen LogP contribution >= 0.6 is 0 Å². The highest BCUT2D eigenvalue weighted by molar-refractivity contribution is 6.09. The molecule has 206 valence electrons. The molecule has 4 N–H and O–H groups in total. The number of H-pyrrole nitrogens is 2. The Morgan fingerprint density at radius 1 is 0.732 bits per heavy atom. The van der Waals surface area contributed by atoms with Gasteiger partial charge in [-0.3, -0.25) is 4.79 Å². The molecule has 41 heavy (non-hydrogen) atoms. The minimum Gasteiger partial charge on any atom is -0.456 e. The van der Waals surface area contributed by atoms with Gasteiger partial charge in [0, 0.05) is 37.1 Å². The molecule has 10 heteroatoms. The normalized spacial score (nSPS) is 22.9. The molecule has 2 aliphatic rings. The van der Waals surface area contributed by atoms with Crippen LogP contribution in [0.25, 0.3) is 55.2 Å². The van der Waals surface area contributed by atoms with E-state index in [0.29, 0.717) is 53.7 Å². The number of nitrogens with zero attached hydrogens (tertiary/aromatic N) is 2. The predicted octanol–water partition coefficient (Wildman–Crippen LogP) is 5.62. The fraction of sp³-hybridized carbons (Fsp3) is 0.258. The number of alkyl halides is 2. The standard InChI is InChI=1S/C31H26F2N6O2/c32-18-9-22(34-11-18)30-36-13-24(38-30)16-1-4-20-15(7-16)3-6-26-28(20)29(40)21-5-2-17(8-27(21)41-26)25-14-37-31(39-25)23-10-19(33)12-35-23/h1-8,13-14,18-19,22-23,34-35H,9-12H2,(H,36,38)(H,37,39)/t18-,19+,22+,23+/m1/s1. The van der Waals surface area contributed by atoms with Crippen LogP contribution in [0.5, 0.6) is 0 Å². The largest absolute Gasteiger partial charge is 0.456 e. The maximum Gasteiger partial charge on any atom is 0.201 e. The molecule has 2 fully saturated rings. The summed E-state index contributed by atoms with van der Waals surface area (Å²) in [4.78, 5) is 29.2. The number of rotatable bonds is 4. The average molecular weight is 553 g/mol. The first kappa shape index (κ1) is 24.4. The number of imidazole rings is 2. The molecule has 0 bridgehead atoms. The summed E-state index contributed by atoms with van der Waals surface area (Å²) in [6.45, 7) is 0.668. The molecule has 2 aliphatic heterocycles. The zero-order valence-electron chi connectivity index (χ0n) is 21.9. The summed E-state index contributed by atoms with van der Waals surface area (Å²) in [6, 6.07) is 14.9. The number of hydrogen-bond donors (Lipinski definition) is 4. The summed E-state index contributed by atoms with van der Waals surface area (Å²) in [5.74, 6) is 1.42. The molecule has 3 aromatic carbocycles. The van der Waals surface area contributed by atoms with E-state index >= 15 is 0 Å². The van der Waals surface area contributed by atoms with E-state index < -0.39 is 12.3 Å². The number of hydrogen-bond acceptors (Lipinski definition) is 6. The highest BCUT2D eigenvalue weighted by Crippen LogP contribution is 2.32. The molecular formula is C31H26F2N6O2. The summed E-state index contributed by atoms with van der Waals surface area (Å²) < 4.78 is 33.5. The lowest BCUT2D eigenvalue weighted by Crippen LogP contribution is -2.14. The van der Waals surface area contributed by atoms with Gasteiger partial charge in [-0.2, -0.15) is 0 Å². The molecular weight excluding hydrogens is 526 g/mol. The van der Waals surface area contributed by atoms with Gasteiger partial charge in [-0.25, -0.2) is 18.7 Å². The zero-order chi connectivity index (χ0) is 27.7. The molecule has 8 rings (SSSR count). The summed E-state index contributed by atoms with van der Waals surface area (Å²) in [5.41, 5.74) is 4.25. The molecule has 2 saturated heterocycles. The van der Waals surface area contributed by atoms with Gasteiger partial charge in [0.05, 0.1) is 46.6 Å². The zero-order valence-corrected chi connectivity index (χ0v) is 21.9. The van der Waals surface area contributed by atoms with Crippen LogP contribution in [0.3, 0.4) is 0 Å². The van der Waals surface area contributed by atoms with Gasteiger partial charge in [0.2, 0.25) is 5.43 Å². The Balaban J connectivity index is 1.15. The fourth-order valence-corrected chi connectivity index (χ4v) is 6.13. The van der Waals surface area contributed by atoms with Gasteiger partial charge in [-0.05, 0) is 35.0 Å². The molecule has 0 unspecified atom stereocenters. The Morgan fingerprint density at radius 2 is 1.34 bits per heavy atom. The van der Waals surface area contributed by atoms with Gasteiger partial charge in [-0.1, -0.05) is 24.3 Å². The van der Waals surface area contributed by atoms with Crippen LogP contribution in [0.2, 0.25) is 0 Å². The van der Waals surface area contributed by atoms with Crippen molar-refractivity contribution in [2.45, 2.75) is 37.3 Å². The van der Waals surface area contributed by atoms with Crippen molar-refractivity contribution in [1.82, 2.24) is 30.6 Å². The topological polar surface area (TPSA) is 112 Å². The first-order chi connectivity index (χ1) is 20.0. The van der Waals surface area contributed by atoms with Gasteiger partial charge in [-0.15, -0.1) is 0 Å². The van der Waals surface area contributed by atoms with E-state index in [1.54, 1.807) is 18.5 Å². The third-order valence-electron chi connectivity index (χ3n) is 8.28. The Labute approximate surface area is 232 Å². The molecule has 0 saturated carbocycles. The smallest absolute Gasteiger partial charge is 0.201 e. The number of aromatic amines is 2. The van der Waals surface area contributed by atoms with Crippen molar-refractivity contribution in [3.05, 3.63) is 82.8 Å². The Hall–Kier alpha value is -4.41. The summed E-state index contributed by atoms with van der Waals surface area (Å²) in [6.07, 6.45) is 2.55. The minimum absolute atomic E-state index is 0.0995. The number of nitrogens with one attached hydrogen (secondary N) is 4. The van der Waals surface area contributed by atoms with Crippen LogP contribution < -0.4 is 16.1 Å². The molecule has 8 nitrogen and oxygen atoms in total. The van der Waals surface area contributed by atoms with Crippen molar-refractivity contribution in [2.75, 3.05) is 13.1 Å². The second-order valence-corrected chi connectivity index (χ2v) is 11.0. The lowest BCUT2D eigenvalue weighted by molar-refractivity contribution is 0.354. The van der Waals surface area contributed by atoms with Gasteiger partial charge in [0.15, 0.2) is 0 Å². The second kappa shape index (κ2) is 9.32. The molecule has 0 radical (unpaired) electrons. The summed E-state index contributed by atoms with van der Waals surface area (Å²) in [5, 5.41) is 9.01. The van der Waals surface area contributed by atoms with Crippen LogP contribution in [0.4, 0.5) is 8.78 Å². The van der Waals surface area contributed by atoms with Crippen molar-refractivity contribution in [3.63, 3.8) is 0 Å². The highest BCUT2D eigenvalue weighted by atomic mass is 19.1. The van der Waals surface area contributed by atoms with E-state index in [1.807, 2.05) is 42.5 Å². The lowest BCUT2D eigenvalue weighted by atomic mass is 10.0. The Kier molecular flexibility index (Phi) is 5.55.